The highest BCUT2D eigenvalue weighted by molar-refractivity contribution is 8.00. The van der Waals surface area contributed by atoms with E-state index in [4.69, 9.17) is 9.47 Å². The molecule has 10 heteroatoms. The van der Waals surface area contributed by atoms with E-state index in [-0.39, 0.29) is 17.7 Å². The van der Waals surface area contributed by atoms with Crippen LogP contribution in [-0.2, 0) is 16.0 Å². The molecule has 0 bridgehead atoms. The van der Waals surface area contributed by atoms with Crippen LogP contribution in [0.1, 0.15) is 51.9 Å². The van der Waals surface area contributed by atoms with Crippen LogP contribution in [0.3, 0.4) is 0 Å². The van der Waals surface area contributed by atoms with Gasteiger partial charge in [0.1, 0.15) is 5.82 Å². The van der Waals surface area contributed by atoms with E-state index in [0.29, 0.717) is 46.6 Å². The molecule has 0 radical (unpaired) electrons. The fourth-order valence-electron chi connectivity index (χ4n) is 4.16. The predicted octanol–water partition coefficient (Wildman–Crippen LogP) is 4.36. The maximum atomic E-state index is 13.5. The van der Waals surface area contributed by atoms with Crippen LogP contribution >= 0.6 is 11.8 Å². The van der Waals surface area contributed by atoms with Crippen molar-refractivity contribution in [2.75, 3.05) is 13.7 Å². The van der Waals surface area contributed by atoms with Crippen LogP contribution in [0.4, 0.5) is 4.39 Å². The van der Waals surface area contributed by atoms with Gasteiger partial charge in [0, 0.05) is 17.9 Å². The van der Waals surface area contributed by atoms with E-state index in [2.05, 4.69) is 15.2 Å². The van der Waals surface area contributed by atoms with Crippen LogP contribution in [0, 0.1) is 19.7 Å². The number of ether oxygens (including phenoxy) is 2. The lowest BCUT2D eigenvalue weighted by Crippen LogP contribution is -2.19. The summed E-state index contributed by atoms with van der Waals surface area (Å²) in [6.45, 7) is 6.51. The molecule has 1 fully saturated rings. The number of aromatic amines is 1. The second-order valence-electron chi connectivity index (χ2n) is 8.30. The summed E-state index contributed by atoms with van der Waals surface area (Å²) >= 11 is 1.29. The van der Waals surface area contributed by atoms with Gasteiger partial charge < -0.3 is 14.5 Å². The Labute approximate surface area is 201 Å². The fraction of sp³-hybridized carbons (Fsp3) is 0.417. The van der Waals surface area contributed by atoms with Crippen molar-refractivity contribution in [1.82, 2.24) is 19.7 Å². The molecule has 1 aliphatic heterocycles. The van der Waals surface area contributed by atoms with Gasteiger partial charge in [-0.25, -0.2) is 9.18 Å². The minimum absolute atomic E-state index is 0.0245. The number of halogens is 1. The summed E-state index contributed by atoms with van der Waals surface area (Å²) in [4.78, 5) is 28.4. The normalized spacial score (nSPS) is 16.6. The molecule has 180 valence electrons. The van der Waals surface area contributed by atoms with Gasteiger partial charge in [-0.15, -0.1) is 10.2 Å². The Hall–Kier alpha value is -2.98. The molecule has 1 aliphatic rings. The number of hydrogen-bond donors (Lipinski definition) is 1. The molecule has 2 aromatic heterocycles. The van der Waals surface area contributed by atoms with Crippen LogP contribution in [0.5, 0.6) is 0 Å². The number of H-pyrrole nitrogens is 1. The number of thioether (sulfide) groups is 1. The number of rotatable bonds is 8. The summed E-state index contributed by atoms with van der Waals surface area (Å²) in [6, 6.07) is 6.09. The van der Waals surface area contributed by atoms with Crippen LogP contribution < -0.4 is 0 Å². The number of methoxy groups -OCH3 is 1. The predicted molar refractivity (Wildman–Crippen MR) is 126 cm³/mol. The summed E-state index contributed by atoms with van der Waals surface area (Å²) < 4.78 is 26.1. The highest BCUT2D eigenvalue weighted by Crippen LogP contribution is 2.31. The number of nitrogens with one attached hydrogen (secondary N) is 1. The van der Waals surface area contributed by atoms with Gasteiger partial charge in [0.15, 0.2) is 16.8 Å². The number of Topliss-reactive ketones (excluding diaryl/α,β-unsaturated/α-hetero) is 1. The topological polar surface area (TPSA) is 99.1 Å². The average molecular weight is 487 g/mol. The van der Waals surface area contributed by atoms with Gasteiger partial charge >= 0.3 is 5.97 Å². The van der Waals surface area contributed by atoms with E-state index in [1.807, 2.05) is 4.57 Å². The second-order valence-corrected chi connectivity index (χ2v) is 9.61. The zero-order valence-electron chi connectivity index (χ0n) is 19.6. The van der Waals surface area contributed by atoms with E-state index in [9.17, 15) is 14.0 Å². The number of ketones is 1. The van der Waals surface area contributed by atoms with Crippen LogP contribution in [-0.4, -0.2) is 56.6 Å². The molecule has 2 atom stereocenters. The second kappa shape index (κ2) is 10.1. The molecular formula is C24H27FN4O4S. The zero-order chi connectivity index (χ0) is 24.4. The molecule has 0 spiro atoms. The Balaban J connectivity index is 1.62. The van der Waals surface area contributed by atoms with Crippen LogP contribution in [0.15, 0.2) is 29.4 Å². The number of esters is 1. The first-order chi connectivity index (χ1) is 16.3. The number of benzene rings is 1. The number of aromatic nitrogens is 4. The molecule has 0 amide bonds. The molecule has 0 aliphatic carbocycles. The zero-order valence-corrected chi connectivity index (χ0v) is 20.4. The van der Waals surface area contributed by atoms with Gasteiger partial charge in [0.25, 0.3) is 0 Å². The standard InChI is InChI=1S/C24H27FN4O4S/c1-13-19(23(31)32-4)14(2)26-20(13)21(30)15(3)34-24-28-27-22(16-7-9-17(25)10-8-16)29(24)12-18-6-5-11-33-18/h7-10,15,18,26H,5-6,11-12H2,1-4H3. The molecule has 4 rings (SSSR count). The highest BCUT2D eigenvalue weighted by Gasteiger charge is 2.28. The third-order valence-corrected chi connectivity index (χ3v) is 7.03. The van der Waals surface area contributed by atoms with Crippen LogP contribution in [0.25, 0.3) is 11.4 Å². The van der Waals surface area contributed by atoms with Crippen molar-refractivity contribution in [3.8, 4) is 11.4 Å². The Bertz CT molecular complexity index is 1200. The van der Waals surface area contributed by atoms with Crippen molar-refractivity contribution >= 4 is 23.5 Å². The maximum absolute atomic E-state index is 13.5. The minimum atomic E-state index is -0.504. The van der Waals surface area contributed by atoms with E-state index in [0.717, 1.165) is 18.4 Å². The van der Waals surface area contributed by atoms with E-state index < -0.39 is 11.2 Å². The average Bonchev–Trinajstić information content (AvgIpc) is 3.54. The molecule has 1 aromatic carbocycles. The number of aryl methyl sites for hydroxylation is 1. The van der Waals surface area contributed by atoms with Crippen molar-refractivity contribution in [2.24, 2.45) is 0 Å². The summed E-state index contributed by atoms with van der Waals surface area (Å²) in [5, 5.41) is 8.77. The molecule has 34 heavy (non-hydrogen) atoms. The lowest BCUT2D eigenvalue weighted by molar-refractivity contribution is 0.0599. The molecule has 1 N–H and O–H groups in total. The molecule has 1 saturated heterocycles. The summed E-state index contributed by atoms with van der Waals surface area (Å²) in [5.74, 6) is -0.371. The Morgan fingerprint density at radius 1 is 1.29 bits per heavy atom. The lowest BCUT2D eigenvalue weighted by Gasteiger charge is -2.16. The van der Waals surface area contributed by atoms with Gasteiger partial charge in [0.2, 0.25) is 0 Å². The highest BCUT2D eigenvalue weighted by atomic mass is 32.2. The number of carbonyl (C=O) groups is 2. The Morgan fingerprint density at radius 3 is 2.68 bits per heavy atom. The summed E-state index contributed by atoms with van der Waals surface area (Å²) in [6.07, 6.45) is 1.94. The summed E-state index contributed by atoms with van der Waals surface area (Å²) in [7, 11) is 1.31. The van der Waals surface area contributed by atoms with Crippen molar-refractivity contribution in [1.29, 1.82) is 0 Å². The van der Waals surface area contributed by atoms with Gasteiger partial charge in [0.05, 0.1) is 36.3 Å². The quantitative estimate of drug-likeness (QED) is 0.287. The fourth-order valence-corrected chi connectivity index (χ4v) is 5.08. The van der Waals surface area contributed by atoms with Crippen molar-refractivity contribution < 1.29 is 23.5 Å². The molecule has 3 heterocycles. The molecule has 8 nitrogen and oxygen atoms in total. The van der Waals surface area contributed by atoms with Crippen molar-refractivity contribution in [3.63, 3.8) is 0 Å². The van der Waals surface area contributed by atoms with Gasteiger partial charge in [-0.2, -0.15) is 0 Å². The first-order valence-corrected chi connectivity index (χ1v) is 12.0. The van der Waals surface area contributed by atoms with E-state index >= 15 is 0 Å². The first-order valence-electron chi connectivity index (χ1n) is 11.1. The number of nitrogens with zero attached hydrogens (tertiary/aromatic N) is 3. The number of hydrogen-bond acceptors (Lipinski definition) is 7. The molecular weight excluding hydrogens is 459 g/mol. The van der Waals surface area contributed by atoms with Crippen LogP contribution in [0.2, 0.25) is 0 Å². The number of carbonyl (C=O) groups excluding carboxylic acids is 2. The van der Waals surface area contributed by atoms with E-state index in [1.165, 1.54) is 31.0 Å². The smallest absolute Gasteiger partial charge is 0.339 e. The minimum Gasteiger partial charge on any atom is -0.465 e. The molecule has 2 unspecified atom stereocenters. The van der Waals surface area contributed by atoms with Gasteiger partial charge in [-0.1, -0.05) is 11.8 Å². The summed E-state index contributed by atoms with van der Waals surface area (Å²) in [5.41, 5.74) is 2.64. The Morgan fingerprint density at radius 2 is 2.03 bits per heavy atom. The third-order valence-electron chi connectivity index (χ3n) is 5.95. The third kappa shape index (κ3) is 4.78. The molecule has 3 aromatic rings. The monoisotopic (exact) mass is 486 g/mol. The SMILES string of the molecule is COC(=O)c1c(C)[nH]c(C(=O)C(C)Sc2nnc(-c3ccc(F)cc3)n2CC2CCCO2)c1C. The van der Waals surface area contributed by atoms with Crippen molar-refractivity contribution in [3.05, 3.63) is 52.6 Å². The molecule has 0 saturated carbocycles. The van der Waals surface area contributed by atoms with Gasteiger partial charge in [-0.3, -0.25) is 9.36 Å². The first kappa shape index (κ1) is 24.2. The lowest BCUT2D eigenvalue weighted by atomic mass is 10.1. The maximum Gasteiger partial charge on any atom is 0.339 e. The Kier molecular flexibility index (Phi) is 7.18. The van der Waals surface area contributed by atoms with Gasteiger partial charge in [-0.05, 0) is 63.4 Å². The largest absolute Gasteiger partial charge is 0.465 e. The van der Waals surface area contributed by atoms with Crippen molar-refractivity contribution in [2.45, 2.75) is 56.7 Å². The van der Waals surface area contributed by atoms with E-state index in [1.54, 1.807) is 32.9 Å².